The first-order valence-corrected chi connectivity index (χ1v) is 8.52. The fourth-order valence-electron chi connectivity index (χ4n) is 2.76. The molecule has 0 bridgehead atoms. The van der Waals surface area contributed by atoms with E-state index in [0.29, 0.717) is 6.42 Å². The number of rotatable bonds is 6. The smallest absolute Gasteiger partial charge is 0.174 e. The van der Waals surface area contributed by atoms with Gasteiger partial charge in [0, 0.05) is 31.4 Å². The number of hydrogen-bond donors (Lipinski definition) is 0. The molecule has 1 aromatic heterocycles. The molecule has 1 saturated heterocycles. The minimum atomic E-state index is 0.168. The number of ether oxygens (including phenoxy) is 3. The minimum Gasteiger partial charge on any atom is -0.496 e. The summed E-state index contributed by atoms with van der Waals surface area (Å²) in [6, 6.07) is 5.67. The van der Waals surface area contributed by atoms with Gasteiger partial charge in [0.15, 0.2) is 5.78 Å². The van der Waals surface area contributed by atoms with Crippen molar-refractivity contribution in [2.45, 2.75) is 6.42 Å². The second-order valence-electron chi connectivity index (χ2n) is 5.45. The van der Waals surface area contributed by atoms with Crippen molar-refractivity contribution in [1.29, 1.82) is 0 Å². The lowest BCUT2D eigenvalue weighted by molar-refractivity contribution is 0.0370. The van der Waals surface area contributed by atoms with E-state index in [9.17, 15) is 4.79 Å². The van der Waals surface area contributed by atoms with Gasteiger partial charge in [0.05, 0.1) is 37.0 Å². The minimum absolute atomic E-state index is 0.168. The van der Waals surface area contributed by atoms with E-state index in [2.05, 4.69) is 4.90 Å². The predicted molar refractivity (Wildman–Crippen MR) is 91.1 cm³/mol. The Morgan fingerprint density at radius 2 is 1.91 bits per heavy atom. The molecule has 0 unspecified atom stereocenters. The first-order valence-electron chi connectivity index (χ1n) is 7.70. The molecule has 0 spiro atoms. The lowest BCUT2D eigenvalue weighted by Crippen LogP contribution is -2.37. The Bertz CT molecular complexity index is 650. The first kappa shape index (κ1) is 16.2. The quantitative estimate of drug-likeness (QED) is 0.760. The summed E-state index contributed by atoms with van der Waals surface area (Å²) < 4.78 is 17.1. The average molecular weight is 335 g/mol. The number of methoxy groups -OCH3 is 2. The third kappa shape index (κ3) is 3.49. The number of thiophene rings is 1. The number of morpholine rings is 1. The lowest BCUT2D eigenvalue weighted by atomic mass is 10.2. The van der Waals surface area contributed by atoms with Crippen LogP contribution in [0, 0.1) is 0 Å². The van der Waals surface area contributed by atoms with Gasteiger partial charge < -0.3 is 14.2 Å². The second-order valence-corrected chi connectivity index (χ2v) is 6.50. The molecular weight excluding hydrogens is 314 g/mol. The number of carbonyl (C=O) groups is 1. The van der Waals surface area contributed by atoms with Crippen LogP contribution >= 0.6 is 11.3 Å². The number of Topliss-reactive ketones (excluding diaryl/α,β-unsaturated/α-hetero) is 1. The maximum absolute atomic E-state index is 12.5. The number of benzene rings is 1. The van der Waals surface area contributed by atoms with E-state index < -0.39 is 0 Å². The molecule has 1 aromatic carbocycles. The van der Waals surface area contributed by atoms with Crippen LogP contribution in [0.25, 0.3) is 10.1 Å². The lowest BCUT2D eigenvalue weighted by Gasteiger charge is -2.26. The Morgan fingerprint density at radius 3 is 2.61 bits per heavy atom. The zero-order valence-corrected chi connectivity index (χ0v) is 14.3. The normalized spacial score (nSPS) is 15.7. The van der Waals surface area contributed by atoms with Crippen LogP contribution in [0.1, 0.15) is 16.1 Å². The zero-order chi connectivity index (χ0) is 16.2. The Hall–Kier alpha value is -1.63. The molecule has 1 fully saturated rings. The van der Waals surface area contributed by atoms with Crippen LogP contribution in [0.15, 0.2) is 18.2 Å². The number of hydrogen-bond acceptors (Lipinski definition) is 6. The largest absolute Gasteiger partial charge is 0.496 e. The fourth-order valence-corrected chi connectivity index (χ4v) is 3.89. The number of nitrogens with zero attached hydrogens (tertiary/aromatic N) is 1. The molecule has 5 nitrogen and oxygen atoms in total. The molecular formula is C17H21NO4S. The molecule has 23 heavy (non-hydrogen) atoms. The molecule has 0 amide bonds. The second kappa shape index (κ2) is 7.29. The van der Waals surface area contributed by atoms with Crippen molar-refractivity contribution in [2.75, 3.05) is 47.1 Å². The van der Waals surface area contributed by atoms with Gasteiger partial charge in [-0.3, -0.25) is 9.69 Å². The summed E-state index contributed by atoms with van der Waals surface area (Å²) in [4.78, 5) is 15.6. The topological polar surface area (TPSA) is 48.0 Å². The molecule has 6 heteroatoms. The monoisotopic (exact) mass is 335 g/mol. The van der Waals surface area contributed by atoms with Gasteiger partial charge in [0.25, 0.3) is 0 Å². The summed E-state index contributed by atoms with van der Waals surface area (Å²) in [5.74, 6) is 1.71. The summed E-state index contributed by atoms with van der Waals surface area (Å²) in [6.07, 6.45) is 0.525. The maximum atomic E-state index is 12.5. The predicted octanol–water partition coefficient (Wildman–Crippen LogP) is 2.82. The van der Waals surface area contributed by atoms with Gasteiger partial charge in [-0.25, -0.2) is 0 Å². The molecule has 0 aliphatic carbocycles. The van der Waals surface area contributed by atoms with Crippen LogP contribution in [-0.2, 0) is 4.74 Å². The maximum Gasteiger partial charge on any atom is 0.174 e. The van der Waals surface area contributed by atoms with E-state index >= 15 is 0 Å². The van der Waals surface area contributed by atoms with Gasteiger partial charge in [-0.15, -0.1) is 11.3 Å². The molecule has 0 N–H and O–H groups in total. The van der Waals surface area contributed by atoms with E-state index in [1.165, 1.54) is 11.3 Å². The number of ketones is 1. The van der Waals surface area contributed by atoms with E-state index in [-0.39, 0.29) is 5.78 Å². The van der Waals surface area contributed by atoms with Gasteiger partial charge >= 0.3 is 0 Å². The van der Waals surface area contributed by atoms with Crippen molar-refractivity contribution < 1.29 is 19.0 Å². The Labute approximate surface area is 139 Å². The van der Waals surface area contributed by atoms with Gasteiger partial charge in [-0.05, 0) is 18.2 Å². The van der Waals surface area contributed by atoms with Crippen molar-refractivity contribution >= 4 is 27.2 Å². The summed E-state index contributed by atoms with van der Waals surface area (Å²) in [5, 5.41) is 0.937. The third-order valence-corrected chi connectivity index (χ3v) is 5.27. The molecule has 3 rings (SSSR count). The SMILES string of the molecule is COc1ccc(OC)c2sc(C(=O)CCN3CCOCC3)cc12. The van der Waals surface area contributed by atoms with Crippen molar-refractivity contribution in [2.24, 2.45) is 0 Å². The molecule has 0 radical (unpaired) electrons. The molecule has 1 aliphatic rings. The highest BCUT2D eigenvalue weighted by molar-refractivity contribution is 7.21. The summed E-state index contributed by atoms with van der Waals surface area (Å²) >= 11 is 1.47. The molecule has 124 valence electrons. The van der Waals surface area contributed by atoms with E-state index in [1.807, 2.05) is 18.2 Å². The highest BCUT2D eigenvalue weighted by atomic mass is 32.1. The summed E-state index contributed by atoms with van der Waals surface area (Å²) in [5.41, 5.74) is 0. The average Bonchev–Trinajstić information content (AvgIpc) is 3.05. The van der Waals surface area contributed by atoms with Gasteiger partial charge in [-0.1, -0.05) is 0 Å². The Morgan fingerprint density at radius 1 is 1.22 bits per heavy atom. The van der Waals surface area contributed by atoms with Crippen LogP contribution in [0.3, 0.4) is 0 Å². The number of carbonyl (C=O) groups excluding carboxylic acids is 1. The van der Waals surface area contributed by atoms with E-state index in [0.717, 1.165) is 59.3 Å². The molecule has 1 aliphatic heterocycles. The van der Waals surface area contributed by atoms with E-state index in [1.54, 1.807) is 14.2 Å². The van der Waals surface area contributed by atoms with Crippen molar-refractivity contribution in [3.05, 3.63) is 23.1 Å². The molecule has 0 saturated carbocycles. The van der Waals surface area contributed by atoms with Gasteiger partial charge in [0.1, 0.15) is 11.5 Å². The highest BCUT2D eigenvalue weighted by Gasteiger charge is 2.17. The summed E-state index contributed by atoms with van der Waals surface area (Å²) in [7, 11) is 3.28. The zero-order valence-electron chi connectivity index (χ0n) is 13.5. The molecule has 0 atom stereocenters. The van der Waals surface area contributed by atoms with Crippen LogP contribution in [0.2, 0.25) is 0 Å². The van der Waals surface area contributed by atoms with Crippen LogP contribution in [0.5, 0.6) is 11.5 Å². The van der Waals surface area contributed by atoms with Crippen molar-refractivity contribution in [3.63, 3.8) is 0 Å². The first-order chi connectivity index (χ1) is 11.2. The molecule has 2 heterocycles. The van der Waals surface area contributed by atoms with Gasteiger partial charge in [0.2, 0.25) is 0 Å². The van der Waals surface area contributed by atoms with Crippen LogP contribution in [-0.4, -0.2) is 57.8 Å². The van der Waals surface area contributed by atoms with Crippen molar-refractivity contribution in [1.82, 2.24) is 4.90 Å². The fraction of sp³-hybridized carbons (Fsp3) is 0.471. The van der Waals surface area contributed by atoms with Crippen LogP contribution in [0.4, 0.5) is 0 Å². The Balaban J connectivity index is 1.77. The third-order valence-electron chi connectivity index (χ3n) is 4.08. The highest BCUT2D eigenvalue weighted by Crippen LogP contribution is 2.39. The van der Waals surface area contributed by atoms with E-state index in [4.69, 9.17) is 14.2 Å². The van der Waals surface area contributed by atoms with Gasteiger partial charge in [-0.2, -0.15) is 0 Å². The molecule has 2 aromatic rings. The number of fused-ring (bicyclic) bond motifs is 1. The Kier molecular flexibility index (Phi) is 5.15. The van der Waals surface area contributed by atoms with Crippen molar-refractivity contribution in [3.8, 4) is 11.5 Å². The van der Waals surface area contributed by atoms with Crippen LogP contribution < -0.4 is 9.47 Å². The summed E-state index contributed by atoms with van der Waals surface area (Å²) in [6.45, 7) is 4.10. The standard InChI is InChI=1S/C17H21NO4S/c1-20-14-3-4-15(21-2)17-12(14)11-16(23-17)13(19)5-6-18-7-9-22-10-8-18/h3-4,11H,5-10H2,1-2H3.